The molecule has 0 unspecified atom stereocenters. The van der Waals surface area contributed by atoms with Crippen LogP contribution in [0.25, 0.3) is 0 Å². The maximum Gasteiger partial charge on any atom is 0.272 e. The highest BCUT2D eigenvalue weighted by Gasteiger charge is 2.09. The summed E-state index contributed by atoms with van der Waals surface area (Å²) in [5.41, 5.74) is 1.89. The third kappa shape index (κ3) is 6.12. The van der Waals surface area contributed by atoms with Gasteiger partial charge in [-0.2, -0.15) is 0 Å². The SMILES string of the molecule is CC(=O)Nc1cc(C(=O)NCc2cc(C)cc(OCC(F)F)c2)ccn1. The lowest BCUT2D eigenvalue weighted by Crippen LogP contribution is -2.23. The Labute approximate surface area is 149 Å². The molecule has 1 aromatic carbocycles. The Hall–Kier alpha value is -3.03. The third-order valence-corrected chi connectivity index (χ3v) is 3.27. The van der Waals surface area contributed by atoms with Crippen molar-refractivity contribution in [3.05, 3.63) is 53.2 Å². The molecule has 8 heteroatoms. The molecule has 0 fully saturated rings. The highest BCUT2D eigenvalue weighted by molar-refractivity contribution is 5.96. The monoisotopic (exact) mass is 363 g/mol. The first-order valence-electron chi connectivity index (χ1n) is 7.87. The minimum atomic E-state index is -2.55. The summed E-state index contributed by atoms with van der Waals surface area (Å²) in [6.07, 6.45) is -1.13. The Kier molecular flexibility index (Phi) is 6.60. The molecule has 1 heterocycles. The van der Waals surface area contributed by atoms with Gasteiger partial charge in [-0.25, -0.2) is 13.8 Å². The lowest BCUT2D eigenvalue weighted by Gasteiger charge is -2.11. The molecule has 0 aliphatic carbocycles. The molecular weight excluding hydrogens is 344 g/mol. The van der Waals surface area contributed by atoms with Crippen LogP contribution in [0.5, 0.6) is 5.75 Å². The van der Waals surface area contributed by atoms with Crippen LogP contribution in [0.1, 0.15) is 28.4 Å². The molecule has 0 atom stereocenters. The average molecular weight is 363 g/mol. The lowest BCUT2D eigenvalue weighted by atomic mass is 10.1. The molecule has 0 bridgehead atoms. The van der Waals surface area contributed by atoms with Gasteiger partial charge in [-0.3, -0.25) is 9.59 Å². The summed E-state index contributed by atoms with van der Waals surface area (Å²) in [7, 11) is 0. The van der Waals surface area contributed by atoms with Gasteiger partial charge in [0.25, 0.3) is 12.3 Å². The summed E-state index contributed by atoms with van der Waals surface area (Å²) in [5.74, 6) is -0.0310. The Morgan fingerprint density at radius 1 is 1.23 bits per heavy atom. The van der Waals surface area contributed by atoms with Crippen molar-refractivity contribution >= 4 is 17.6 Å². The van der Waals surface area contributed by atoms with E-state index in [9.17, 15) is 18.4 Å². The number of hydrogen-bond acceptors (Lipinski definition) is 4. The van der Waals surface area contributed by atoms with Crippen LogP contribution in [-0.4, -0.2) is 29.8 Å². The van der Waals surface area contributed by atoms with Crippen LogP contribution in [0.4, 0.5) is 14.6 Å². The number of amides is 2. The minimum absolute atomic E-state index is 0.198. The molecule has 0 saturated heterocycles. The van der Waals surface area contributed by atoms with Crippen LogP contribution in [0.15, 0.2) is 36.5 Å². The first kappa shape index (κ1) is 19.3. The van der Waals surface area contributed by atoms with E-state index in [4.69, 9.17) is 4.74 Å². The molecule has 2 amide bonds. The number of rotatable bonds is 7. The maximum atomic E-state index is 12.3. The second kappa shape index (κ2) is 8.89. The molecule has 2 N–H and O–H groups in total. The fourth-order valence-corrected chi connectivity index (χ4v) is 2.27. The van der Waals surface area contributed by atoms with Crippen molar-refractivity contribution in [1.29, 1.82) is 0 Å². The van der Waals surface area contributed by atoms with Crippen molar-refractivity contribution in [2.75, 3.05) is 11.9 Å². The van der Waals surface area contributed by atoms with Crippen LogP contribution in [-0.2, 0) is 11.3 Å². The Balaban J connectivity index is 2.01. The molecule has 0 radical (unpaired) electrons. The number of aryl methyl sites for hydroxylation is 1. The topological polar surface area (TPSA) is 80.3 Å². The quantitative estimate of drug-likeness (QED) is 0.793. The van der Waals surface area contributed by atoms with Crippen LogP contribution < -0.4 is 15.4 Å². The average Bonchev–Trinajstić information content (AvgIpc) is 2.57. The fraction of sp³-hybridized carbons (Fsp3) is 0.278. The van der Waals surface area contributed by atoms with E-state index in [2.05, 4.69) is 15.6 Å². The maximum absolute atomic E-state index is 12.3. The number of hydrogen-bond donors (Lipinski definition) is 2. The number of halogens is 2. The van der Waals surface area contributed by atoms with Crippen LogP contribution in [0, 0.1) is 6.92 Å². The summed E-state index contributed by atoms with van der Waals surface area (Å²) in [4.78, 5) is 27.3. The molecule has 0 aliphatic heterocycles. The Morgan fingerprint density at radius 3 is 2.69 bits per heavy atom. The van der Waals surface area contributed by atoms with E-state index in [1.807, 2.05) is 13.0 Å². The van der Waals surface area contributed by atoms with Gasteiger partial charge in [0, 0.05) is 25.2 Å². The normalized spacial score (nSPS) is 10.5. The third-order valence-electron chi connectivity index (χ3n) is 3.27. The first-order chi connectivity index (χ1) is 12.3. The Bertz CT molecular complexity index is 797. The Morgan fingerprint density at radius 2 is 2.00 bits per heavy atom. The molecule has 1 aromatic heterocycles. The summed E-state index contributed by atoms with van der Waals surface area (Å²) in [6, 6.07) is 8.06. The van der Waals surface area contributed by atoms with Crippen LogP contribution in [0.3, 0.4) is 0 Å². The number of anilines is 1. The molecule has 2 rings (SSSR count). The zero-order valence-electron chi connectivity index (χ0n) is 14.4. The van der Waals surface area contributed by atoms with Gasteiger partial charge in [-0.15, -0.1) is 0 Å². The molecule has 2 aromatic rings. The van der Waals surface area contributed by atoms with E-state index >= 15 is 0 Å². The summed E-state index contributed by atoms with van der Waals surface area (Å²) in [5, 5.41) is 5.24. The highest BCUT2D eigenvalue weighted by atomic mass is 19.3. The lowest BCUT2D eigenvalue weighted by molar-refractivity contribution is -0.114. The number of benzene rings is 1. The number of aromatic nitrogens is 1. The van der Waals surface area contributed by atoms with E-state index in [0.717, 1.165) is 11.1 Å². The summed E-state index contributed by atoms with van der Waals surface area (Å²) < 4.78 is 29.5. The van der Waals surface area contributed by atoms with Crippen LogP contribution in [0.2, 0.25) is 0 Å². The predicted molar refractivity (Wildman–Crippen MR) is 92.4 cm³/mol. The molecular formula is C18H19F2N3O3. The van der Waals surface area contributed by atoms with Gasteiger partial charge in [0.15, 0.2) is 0 Å². The summed E-state index contributed by atoms with van der Waals surface area (Å²) >= 11 is 0. The number of carbonyl (C=O) groups excluding carboxylic acids is 2. The van der Waals surface area contributed by atoms with Crippen LogP contribution >= 0.6 is 0 Å². The zero-order valence-corrected chi connectivity index (χ0v) is 14.4. The second-order valence-electron chi connectivity index (χ2n) is 5.65. The van der Waals surface area contributed by atoms with Crippen molar-refractivity contribution in [2.45, 2.75) is 26.8 Å². The van der Waals surface area contributed by atoms with Crippen molar-refractivity contribution in [1.82, 2.24) is 10.3 Å². The smallest absolute Gasteiger partial charge is 0.272 e. The number of ether oxygens (including phenoxy) is 1. The molecule has 6 nitrogen and oxygen atoms in total. The number of pyridine rings is 1. The largest absolute Gasteiger partial charge is 0.488 e. The van der Waals surface area contributed by atoms with Gasteiger partial charge >= 0.3 is 0 Å². The number of nitrogens with one attached hydrogen (secondary N) is 2. The van der Waals surface area contributed by atoms with Gasteiger partial charge in [0.2, 0.25) is 5.91 Å². The molecule has 26 heavy (non-hydrogen) atoms. The van der Waals surface area contributed by atoms with E-state index in [1.165, 1.54) is 25.3 Å². The predicted octanol–water partition coefficient (Wildman–Crippen LogP) is 2.92. The van der Waals surface area contributed by atoms with Gasteiger partial charge in [0.05, 0.1) is 0 Å². The second-order valence-corrected chi connectivity index (χ2v) is 5.65. The number of nitrogens with zero attached hydrogens (tertiary/aromatic N) is 1. The molecule has 0 spiro atoms. The van der Waals surface area contributed by atoms with E-state index in [-0.39, 0.29) is 24.2 Å². The van der Waals surface area contributed by atoms with Crippen molar-refractivity contribution in [3.8, 4) is 5.75 Å². The number of carbonyl (C=O) groups is 2. The molecule has 138 valence electrons. The van der Waals surface area contributed by atoms with E-state index in [1.54, 1.807) is 12.1 Å². The molecule has 0 aliphatic rings. The van der Waals surface area contributed by atoms with Gasteiger partial charge < -0.3 is 15.4 Å². The highest BCUT2D eigenvalue weighted by Crippen LogP contribution is 2.18. The van der Waals surface area contributed by atoms with Gasteiger partial charge in [0.1, 0.15) is 18.2 Å². The van der Waals surface area contributed by atoms with E-state index in [0.29, 0.717) is 11.3 Å². The fourth-order valence-electron chi connectivity index (χ4n) is 2.27. The van der Waals surface area contributed by atoms with Crippen molar-refractivity contribution < 1.29 is 23.1 Å². The minimum Gasteiger partial charge on any atom is -0.488 e. The summed E-state index contributed by atoms with van der Waals surface area (Å²) in [6.45, 7) is 2.67. The number of alkyl halides is 2. The van der Waals surface area contributed by atoms with E-state index < -0.39 is 13.0 Å². The first-order valence-corrected chi connectivity index (χ1v) is 7.87. The zero-order chi connectivity index (χ0) is 19.1. The van der Waals surface area contributed by atoms with Crippen molar-refractivity contribution in [2.24, 2.45) is 0 Å². The van der Waals surface area contributed by atoms with Gasteiger partial charge in [-0.1, -0.05) is 6.07 Å². The molecule has 0 saturated carbocycles. The van der Waals surface area contributed by atoms with Gasteiger partial charge in [-0.05, 0) is 42.3 Å². The van der Waals surface area contributed by atoms with Crippen molar-refractivity contribution in [3.63, 3.8) is 0 Å². The standard InChI is InChI=1S/C18H19F2N3O3/c1-11-5-13(7-15(6-11)26-10-16(19)20)9-22-18(25)14-3-4-21-17(8-14)23-12(2)24/h3-8,16H,9-10H2,1-2H3,(H,22,25)(H,21,23,24).